The number of nitrogens with zero attached hydrogens (tertiary/aromatic N) is 3. The first kappa shape index (κ1) is 25.5. The van der Waals surface area contributed by atoms with Gasteiger partial charge in [-0.05, 0) is 78.1 Å². The molecular weight excluding hydrogens is 476 g/mol. The Bertz CT molecular complexity index is 1240. The number of benzene rings is 1. The molecule has 2 amide bonds. The Morgan fingerprint density at radius 1 is 1.00 bits per heavy atom. The van der Waals surface area contributed by atoms with Crippen LogP contribution in [0.1, 0.15) is 65.3 Å². The second kappa shape index (κ2) is 9.96. The molecule has 0 spiro atoms. The number of hydrogen-bond donors (Lipinski definition) is 1. The Kier molecular flexibility index (Phi) is 6.87. The highest BCUT2D eigenvalue weighted by molar-refractivity contribution is 6.00. The number of carbonyl (C=O) groups is 3. The monoisotopic (exact) mass is 512 g/mol. The molecule has 3 fully saturated rings. The van der Waals surface area contributed by atoms with Gasteiger partial charge >= 0.3 is 11.7 Å². The Labute approximate surface area is 215 Å². The second-order valence-corrected chi connectivity index (χ2v) is 11.4. The van der Waals surface area contributed by atoms with Crippen molar-refractivity contribution in [1.29, 1.82) is 0 Å². The molecule has 1 aromatic heterocycles. The fourth-order valence-electron chi connectivity index (χ4n) is 5.82. The number of amides is 2. The number of aromatic nitrogens is 1. The van der Waals surface area contributed by atoms with Crippen LogP contribution in [-0.4, -0.2) is 65.1 Å². The molecule has 200 valence electrons. The molecule has 1 atom stereocenters. The van der Waals surface area contributed by atoms with Gasteiger partial charge < -0.3 is 19.0 Å². The van der Waals surface area contributed by atoms with Crippen molar-refractivity contribution in [1.82, 2.24) is 14.8 Å². The van der Waals surface area contributed by atoms with Crippen molar-refractivity contribution in [2.45, 2.75) is 77.0 Å². The van der Waals surface area contributed by atoms with Gasteiger partial charge in [-0.15, -0.1) is 0 Å². The van der Waals surface area contributed by atoms with E-state index in [1.54, 1.807) is 0 Å². The van der Waals surface area contributed by atoms with Gasteiger partial charge in [-0.2, -0.15) is 0 Å². The van der Waals surface area contributed by atoms with Crippen molar-refractivity contribution in [2.24, 2.45) is 5.92 Å². The van der Waals surface area contributed by atoms with Gasteiger partial charge in [-0.25, -0.2) is 4.79 Å². The molecule has 1 N–H and O–H groups in total. The summed E-state index contributed by atoms with van der Waals surface area (Å²) >= 11 is 0. The molecule has 10 nitrogen and oxygen atoms in total. The number of oxazole rings is 1. The molecule has 3 aliphatic rings. The summed E-state index contributed by atoms with van der Waals surface area (Å²) in [4.78, 5) is 53.6. The molecule has 0 aliphatic carbocycles. The predicted octanol–water partition coefficient (Wildman–Crippen LogP) is 2.59. The van der Waals surface area contributed by atoms with Crippen LogP contribution in [0.5, 0.6) is 0 Å². The maximum atomic E-state index is 12.6. The predicted molar refractivity (Wildman–Crippen MR) is 137 cm³/mol. The molecule has 5 rings (SSSR count). The van der Waals surface area contributed by atoms with E-state index >= 15 is 0 Å². The Balaban J connectivity index is 1.19. The quantitative estimate of drug-likeness (QED) is 0.491. The van der Waals surface area contributed by atoms with Crippen LogP contribution in [0.15, 0.2) is 27.4 Å². The third-order valence-corrected chi connectivity index (χ3v) is 7.73. The molecule has 10 heteroatoms. The summed E-state index contributed by atoms with van der Waals surface area (Å²) in [5.41, 5.74) is 1.54. The Hall–Kier alpha value is -3.14. The van der Waals surface area contributed by atoms with E-state index < -0.39 is 23.3 Å². The summed E-state index contributed by atoms with van der Waals surface area (Å²) in [5.74, 6) is -1.46. The van der Waals surface area contributed by atoms with Crippen LogP contribution in [0.4, 0.5) is 5.69 Å². The third kappa shape index (κ3) is 5.44. The lowest BCUT2D eigenvalue weighted by molar-refractivity contribution is -0.161. The normalized spacial score (nSPS) is 22.9. The number of nitrogens with one attached hydrogen (secondary N) is 1. The highest BCUT2D eigenvalue weighted by Crippen LogP contribution is 2.30. The fraction of sp³-hybridized carbons (Fsp3) is 0.630. The highest BCUT2D eigenvalue weighted by atomic mass is 16.6. The van der Waals surface area contributed by atoms with Crippen molar-refractivity contribution in [3.05, 3.63) is 28.7 Å². The zero-order valence-corrected chi connectivity index (χ0v) is 21.8. The molecule has 3 saturated heterocycles. The topological polar surface area (TPSA) is 114 Å². The molecular formula is C27H36N4O6. The minimum atomic E-state index is -0.743. The molecule has 0 radical (unpaired) electrons. The number of esters is 1. The maximum absolute atomic E-state index is 12.6. The van der Waals surface area contributed by atoms with Gasteiger partial charge in [-0.1, -0.05) is 0 Å². The number of ether oxygens (including phenoxy) is 1. The van der Waals surface area contributed by atoms with Gasteiger partial charge in [-0.3, -0.25) is 24.3 Å². The number of carbonyl (C=O) groups excluding carboxylic acids is 3. The number of rotatable bonds is 4. The van der Waals surface area contributed by atoms with E-state index in [4.69, 9.17) is 9.15 Å². The smallest absolute Gasteiger partial charge is 0.420 e. The first-order valence-electron chi connectivity index (χ1n) is 13.3. The number of likely N-dealkylation sites (tertiary alicyclic amines) is 1. The lowest BCUT2D eigenvalue weighted by Crippen LogP contribution is -2.48. The average Bonchev–Trinajstić information content (AvgIpc) is 3.18. The summed E-state index contributed by atoms with van der Waals surface area (Å²) in [7, 11) is 0. The molecule has 1 aromatic carbocycles. The van der Waals surface area contributed by atoms with Crippen molar-refractivity contribution >= 4 is 34.6 Å². The van der Waals surface area contributed by atoms with Crippen LogP contribution in [0.2, 0.25) is 0 Å². The molecule has 1 unspecified atom stereocenters. The number of piperidine rings is 3. The summed E-state index contributed by atoms with van der Waals surface area (Å²) in [6.45, 7) is 9.34. The number of anilines is 1. The van der Waals surface area contributed by atoms with Crippen molar-refractivity contribution < 1.29 is 23.5 Å². The minimum Gasteiger partial charge on any atom is -0.460 e. The maximum Gasteiger partial charge on any atom is 0.420 e. The van der Waals surface area contributed by atoms with Gasteiger partial charge in [0.1, 0.15) is 11.6 Å². The summed E-state index contributed by atoms with van der Waals surface area (Å²) in [5, 5.41) is 2.31. The van der Waals surface area contributed by atoms with Crippen LogP contribution >= 0.6 is 0 Å². The Morgan fingerprint density at radius 3 is 2.35 bits per heavy atom. The van der Waals surface area contributed by atoms with E-state index in [1.165, 1.54) is 4.57 Å². The van der Waals surface area contributed by atoms with Gasteiger partial charge in [0.05, 0.1) is 11.4 Å². The van der Waals surface area contributed by atoms with E-state index in [-0.39, 0.29) is 30.6 Å². The van der Waals surface area contributed by atoms with Crippen LogP contribution < -0.4 is 16.0 Å². The number of fused-ring (bicyclic) bond motifs is 1. The van der Waals surface area contributed by atoms with E-state index in [9.17, 15) is 19.2 Å². The van der Waals surface area contributed by atoms with Gasteiger partial charge in [0.15, 0.2) is 5.58 Å². The largest absolute Gasteiger partial charge is 0.460 e. The van der Waals surface area contributed by atoms with Gasteiger partial charge in [0.2, 0.25) is 11.8 Å². The van der Waals surface area contributed by atoms with E-state index in [1.807, 2.05) is 39.0 Å². The zero-order valence-electron chi connectivity index (χ0n) is 21.8. The number of hydrogen-bond acceptors (Lipinski definition) is 8. The molecule has 0 bridgehead atoms. The zero-order chi connectivity index (χ0) is 26.3. The van der Waals surface area contributed by atoms with E-state index in [0.29, 0.717) is 17.1 Å². The van der Waals surface area contributed by atoms with Crippen LogP contribution in [0.25, 0.3) is 11.1 Å². The molecule has 37 heavy (non-hydrogen) atoms. The van der Waals surface area contributed by atoms with Crippen molar-refractivity contribution in [2.75, 3.05) is 31.1 Å². The first-order valence-corrected chi connectivity index (χ1v) is 13.3. The second-order valence-electron chi connectivity index (χ2n) is 11.4. The lowest BCUT2D eigenvalue weighted by atomic mass is 9.93. The van der Waals surface area contributed by atoms with Crippen LogP contribution in [-0.2, 0) is 19.1 Å². The summed E-state index contributed by atoms with van der Waals surface area (Å²) in [6, 6.07) is 5.41. The summed E-state index contributed by atoms with van der Waals surface area (Å²) < 4.78 is 12.4. The van der Waals surface area contributed by atoms with Gasteiger partial charge in [0, 0.05) is 37.3 Å². The van der Waals surface area contributed by atoms with Gasteiger partial charge in [0.25, 0.3) is 0 Å². The number of imide groups is 1. The molecule has 0 saturated carbocycles. The van der Waals surface area contributed by atoms with Crippen molar-refractivity contribution in [3.8, 4) is 0 Å². The molecule has 4 heterocycles. The van der Waals surface area contributed by atoms with E-state index in [2.05, 4.69) is 15.1 Å². The van der Waals surface area contributed by atoms with E-state index in [0.717, 1.165) is 57.5 Å². The third-order valence-electron chi connectivity index (χ3n) is 7.73. The SMILES string of the molecule is CC(C)(C)OC(=O)C1CCN(C2CCN(c3ccc4c(c3)oc(=O)n4C3CCC(=O)NC3=O)CC2)CC1. The van der Waals surface area contributed by atoms with Crippen LogP contribution in [0, 0.1) is 5.92 Å². The standard InChI is InChI=1S/C27H36N4O6/c1-27(2,3)37-25(34)17-8-12-29(13-9-17)18-10-14-30(15-11-18)19-4-5-20-22(16-19)36-26(35)31(20)21-6-7-23(32)28-24(21)33/h4-5,16-18,21H,6-15H2,1-3H3,(H,28,32,33). The highest BCUT2D eigenvalue weighted by Gasteiger charge is 2.34. The molecule has 3 aliphatic heterocycles. The Morgan fingerprint density at radius 2 is 1.70 bits per heavy atom. The minimum absolute atomic E-state index is 0.00979. The van der Waals surface area contributed by atoms with Crippen molar-refractivity contribution in [3.63, 3.8) is 0 Å². The summed E-state index contributed by atoms with van der Waals surface area (Å²) in [6.07, 6.45) is 4.21. The van der Waals surface area contributed by atoms with Crippen LogP contribution in [0.3, 0.4) is 0 Å². The average molecular weight is 513 g/mol. The first-order chi connectivity index (χ1) is 17.6. The molecule has 2 aromatic rings. The lowest BCUT2D eigenvalue weighted by Gasteiger charge is -2.42. The fourth-order valence-corrected chi connectivity index (χ4v) is 5.82.